The van der Waals surface area contributed by atoms with Crippen molar-refractivity contribution in [3.8, 4) is 28.6 Å². The number of methoxy groups -OCH3 is 1. The fourth-order valence-electron chi connectivity index (χ4n) is 3.57. The molecule has 0 unspecified atom stereocenters. The fourth-order valence-corrected chi connectivity index (χ4v) is 3.57. The van der Waals surface area contributed by atoms with E-state index in [9.17, 15) is 4.79 Å². The molecule has 0 saturated carbocycles. The molecule has 0 aliphatic heterocycles. The Kier molecular flexibility index (Phi) is 7.00. The zero-order chi connectivity index (χ0) is 24.9. The monoisotopic (exact) mass is 476 g/mol. The van der Waals surface area contributed by atoms with E-state index in [1.807, 2.05) is 39.1 Å². The second kappa shape index (κ2) is 10.3. The van der Waals surface area contributed by atoms with Gasteiger partial charge in [0.1, 0.15) is 11.4 Å². The molecule has 10 nitrogen and oxygen atoms in total. The first-order valence-electron chi connectivity index (χ1n) is 11.3. The molecule has 4 aromatic rings. The SMILES string of the molecule is CCOc1ccc(-c2c[nH]c3nc(Nc4ccc(C(=O)NC)cc4OC)nc(OC(C)C)c23)cn1. The van der Waals surface area contributed by atoms with E-state index in [0.29, 0.717) is 47.0 Å². The number of nitrogens with one attached hydrogen (secondary N) is 3. The van der Waals surface area contributed by atoms with Gasteiger partial charge in [0.25, 0.3) is 5.91 Å². The Balaban J connectivity index is 1.74. The van der Waals surface area contributed by atoms with Crippen LogP contribution in [-0.4, -0.2) is 52.7 Å². The second-order valence-corrected chi connectivity index (χ2v) is 7.88. The highest BCUT2D eigenvalue weighted by molar-refractivity contribution is 5.98. The van der Waals surface area contributed by atoms with E-state index in [4.69, 9.17) is 14.2 Å². The third-order valence-electron chi connectivity index (χ3n) is 5.12. The number of carbonyl (C=O) groups excluding carboxylic acids is 1. The van der Waals surface area contributed by atoms with Gasteiger partial charge in [-0.1, -0.05) is 0 Å². The van der Waals surface area contributed by atoms with Crippen LogP contribution in [-0.2, 0) is 0 Å². The van der Waals surface area contributed by atoms with E-state index in [2.05, 4.69) is 30.6 Å². The Hall–Kier alpha value is -4.34. The molecule has 4 rings (SSSR count). The number of anilines is 2. The minimum atomic E-state index is -0.206. The van der Waals surface area contributed by atoms with E-state index in [0.717, 1.165) is 16.5 Å². The van der Waals surface area contributed by atoms with E-state index in [1.54, 1.807) is 31.4 Å². The number of hydrogen-bond donors (Lipinski definition) is 3. The lowest BCUT2D eigenvalue weighted by atomic mass is 10.1. The number of aromatic amines is 1. The molecule has 3 heterocycles. The molecular weight excluding hydrogens is 448 g/mol. The lowest BCUT2D eigenvalue weighted by Crippen LogP contribution is -2.17. The molecule has 182 valence electrons. The Morgan fingerprint density at radius 3 is 2.66 bits per heavy atom. The summed E-state index contributed by atoms with van der Waals surface area (Å²) >= 11 is 0. The predicted molar refractivity (Wildman–Crippen MR) is 134 cm³/mol. The molecule has 0 aliphatic rings. The van der Waals surface area contributed by atoms with Crippen molar-refractivity contribution in [2.75, 3.05) is 26.1 Å². The van der Waals surface area contributed by atoms with Crippen molar-refractivity contribution in [2.24, 2.45) is 0 Å². The molecule has 1 aromatic carbocycles. The van der Waals surface area contributed by atoms with E-state index in [-0.39, 0.29) is 12.0 Å². The quantitative estimate of drug-likeness (QED) is 0.326. The number of benzene rings is 1. The maximum absolute atomic E-state index is 12.0. The second-order valence-electron chi connectivity index (χ2n) is 7.88. The average Bonchev–Trinajstić information content (AvgIpc) is 3.28. The third kappa shape index (κ3) is 5.11. The van der Waals surface area contributed by atoms with Gasteiger partial charge in [-0.2, -0.15) is 9.97 Å². The smallest absolute Gasteiger partial charge is 0.251 e. The summed E-state index contributed by atoms with van der Waals surface area (Å²) < 4.78 is 17.0. The van der Waals surface area contributed by atoms with Gasteiger partial charge < -0.3 is 29.8 Å². The van der Waals surface area contributed by atoms with Crippen LogP contribution >= 0.6 is 0 Å². The first kappa shape index (κ1) is 23.8. The van der Waals surface area contributed by atoms with Gasteiger partial charge in [0.15, 0.2) is 0 Å². The Labute approximate surface area is 203 Å². The van der Waals surface area contributed by atoms with Crippen molar-refractivity contribution < 1.29 is 19.0 Å². The Morgan fingerprint density at radius 2 is 2.00 bits per heavy atom. The maximum atomic E-state index is 12.0. The van der Waals surface area contributed by atoms with E-state index in [1.165, 1.54) is 7.11 Å². The van der Waals surface area contributed by atoms with E-state index >= 15 is 0 Å². The van der Waals surface area contributed by atoms with Crippen LogP contribution in [0.25, 0.3) is 22.2 Å². The first-order chi connectivity index (χ1) is 16.9. The van der Waals surface area contributed by atoms with Crippen LogP contribution in [0, 0.1) is 0 Å². The molecule has 0 aliphatic carbocycles. The highest BCUT2D eigenvalue weighted by Gasteiger charge is 2.19. The van der Waals surface area contributed by atoms with Crippen LogP contribution in [0.4, 0.5) is 11.6 Å². The number of hydrogen-bond acceptors (Lipinski definition) is 8. The molecule has 0 spiro atoms. The lowest BCUT2D eigenvalue weighted by molar-refractivity contribution is 0.0962. The van der Waals surface area contributed by atoms with Gasteiger partial charge in [0.05, 0.1) is 30.9 Å². The fraction of sp³-hybridized carbons (Fsp3) is 0.280. The van der Waals surface area contributed by atoms with Crippen molar-refractivity contribution >= 4 is 28.6 Å². The van der Waals surface area contributed by atoms with Gasteiger partial charge in [-0.3, -0.25) is 4.79 Å². The van der Waals surface area contributed by atoms with Crippen LogP contribution in [0.15, 0.2) is 42.7 Å². The van der Waals surface area contributed by atoms with Gasteiger partial charge in [0, 0.05) is 42.2 Å². The minimum absolute atomic E-state index is 0.108. The molecule has 0 atom stereocenters. The number of rotatable bonds is 9. The van der Waals surface area contributed by atoms with Crippen molar-refractivity contribution in [3.63, 3.8) is 0 Å². The van der Waals surface area contributed by atoms with Crippen molar-refractivity contribution in [1.29, 1.82) is 0 Å². The normalized spacial score (nSPS) is 10.9. The van der Waals surface area contributed by atoms with E-state index < -0.39 is 0 Å². The molecule has 1 amide bonds. The van der Waals surface area contributed by atoms with Crippen molar-refractivity contribution in [3.05, 3.63) is 48.3 Å². The highest BCUT2D eigenvalue weighted by Crippen LogP contribution is 2.36. The standard InChI is InChI=1S/C25H28N6O4/c1-6-34-20-10-8-16(12-27-20)17-13-28-22-21(17)24(35-14(2)3)31-25(30-22)29-18-9-7-15(23(32)26-4)11-19(18)33-5/h7-14H,6H2,1-5H3,(H,26,32)(H2,28,29,30,31). The molecule has 10 heteroatoms. The van der Waals surface area contributed by atoms with Crippen LogP contribution in [0.3, 0.4) is 0 Å². The molecule has 3 aromatic heterocycles. The van der Waals surface area contributed by atoms with Gasteiger partial charge in [-0.25, -0.2) is 4.98 Å². The summed E-state index contributed by atoms with van der Waals surface area (Å²) in [6.07, 6.45) is 3.49. The zero-order valence-electron chi connectivity index (χ0n) is 20.3. The highest BCUT2D eigenvalue weighted by atomic mass is 16.5. The number of ether oxygens (including phenoxy) is 3. The minimum Gasteiger partial charge on any atom is -0.495 e. The molecule has 35 heavy (non-hydrogen) atoms. The van der Waals surface area contributed by atoms with Crippen LogP contribution in [0.2, 0.25) is 0 Å². The summed E-state index contributed by atoms with van der Waals surface area (Å²) in [4.78, 5) is 28.8. The van der Waals surface area contributed by atoms with Crippen LogP contribution < -0.4 is 24.8 Å². The number of nitrogens with zero attached hydrogens (tertiary/aromatic N) is 3. The number of pyridine rings is 1. The summed E-state index contributed by atoms with van der Waals surface area (Å²) in [6.45, 7) is 6.34. The van der Waals surface area contributed by atoms with Gasteiger partial charge in [-0.15, -0.1) is 0 Å². The van der Waals surface area contributed by atoms with Crippen molar-refractivity contribution in [1.82, 2.24) is 25.3 Å². The number of carbonyl (C=O) groups is 1. The number of aromatic nitrogens is 4. The lowest BCUT2D eigenvalue weighted by Gasteiger charge is -2.14. The number of fused-ring (bicyclic) bond motifs is 1. The summed E-state index contributed by atoms with van der Waals surface area (Å²) in [5.41, 5.74) is 3.43. The molecule has 0 bridgehead atoms. The summed E-state index contributed by atoms with van der Waals surface area (Å²) in [6, 6.07) is 8.85. The molecule has 0 radical (unpaired) electrons. The first-order valence-corrected chi connectivity index (χ1v) is 11.3. The Bertz CT molecular complexity index is 1330. The topological polar surface area (TPSA) is 123 Å². The molecule has 0 saturated heterocycles. The van der Waals surface area contributed by atoms with Gasteiger partial charge in [0.2, 0.25) is 17.7 Å². The zero-order valence-corrected chi connectivity index (χ0v) is 20.3. The van der Waals surface area contributed by atoms with Gasteiger partial charge >= 0.3 is 0 Å². The third-order valence-corrected chi connectivity index (χ3v) is 5.12. The number of H-pyrrole nitrogens is 1. The molecular formula is C25H28N6O4. The average molecular weight is 477 g/mol. The van der Waals surface area contributed by atoms with Crippen LogP contribution in [0.1, 0.15) is 31.1 Å². The van der Waals surface area contributed by atoms with Gasteiger partial charge in [-0.05, 0) is 45.0 Å². The van der Waals surface area contributed by atoms with Crippen LogP contribution in [0.5, 0.6) is 17.5 Å². The summed E-state index contributed by atoms with van der Waals surface area (Å²) in [5.74, 6) is 1.58. The molecule has 3 N–H and O–H groups in total. The largest absolute Gasteiger partial charge is 0.495 e. The maximum Gasteiger partial charge on any atom is 0.251 e. The predicted octanol–water partition coefficient (Wildman–Crippen LogP) is 4.32. The summed E-state index contributed by atoms with van der Waals surface area (Å²) in [7, 11) is 3.11. The summed E-state index contributed by atoms with van der Waals surface area (Å²) in [5, 5.41) is 6.52. The molecule has 0 fully saturated rings. The Morgan fingerprint density at radius 1 is 1.17 bits per heavy atom. The van der Waals surface area contributed by atoms with Crippen molar-refractivity contribution in [2.45, 2.75) is 26.9 Å². The number of amides is 1.